The third-order valence-corrected chi connectivity index (χ3v) is 4.00. The van der Waals surface area contributed by atoms with Gasteiger partial charge in [-0.15, -0.1) is 0 Å². The van der Waals surface area contributed by atoms with Gasteiger partial charge in [0.15, 0.2) is 5.82 Å². The number of ketones is 1. The number of carbonyl (C=O) groups excluding carboxylic acids is 1. The van der Waals surface area contributed by atoms with Crippen molar-refractivity contribution in [2.75, 3.05) is 33.7 Å². The Labute approximate surface area is 126 Å². The van der Waals surface area contributed by atoms with Crippen LogP contribution in [-0.4, -0.2) is 59.5 Å². The van der Waals surface area contributed by atoms with E-state index in [9.17, 15) is 4.79 Å². The molecule has 2 rings (SSSR count). The van der Waals surface area contributed by atoms with Crippen molar-refractivity contribution >= 4 is 5.78 Å². The topological polar surface area (TPSA) is 62.5 Å². The third kappa shape index (κ3) is 4.11. The third-order valence-electron chi connectivity index (χ3n) is 4.00. The molecular formula is C15H26N4O2. The van der Waals surface area contributed by atoms with Crippen LogP contribution in [0.1, 0.15) is 44.9 Å². The van der Waals surface area contributed by atoms with Crippen LogP contribution in [0.3, 0.4) is 0 Å². The van der Waals surface area contributed by atoms with Crippen LogP contribution >= 0.6 is 0 Å². The molecule has 6 heteroatoms. The highest BCUT2D eigenvalue weighted by Gasteiger charge is 2.28. The minimum Gasteiger partial charge on any atom is -0.339 e. The summed E-state index contributed by atoms with van der Waals surface area (Å²) in [5.74, 6) is 1.22. The Kier molecular flexibility index (Phi) is 4.78. The molecule has 1 aromatic heterocycles. The second kappa shape index (κ2) is 6.23. The van der Waals surface area contributed by atoms with Gasteiger partial charge in [0.2, 0.25) is 5.89 Å². The van der Waals surface area contributed by atoms with E-state index in [-0.39, 0.29) is 23.7 Å². The molecule has 1 atom stereocenters. The average molecular weight is 294 g/mol. The first-order valence-corrected chi connectivity index (χ1v) is 7.52. The van der Waals surface area contributed by atoms with E-state index in [1.54, 1.807) is 0 Å². The maximum Gasteiger partial charge on any atom is 0.234 e. The molecule has 1 fully saturated rings. The van der Waals surface area contributed by atoms with E-state index in [0.717, 1.165) is 26.1 Å². The summed E-state index contributed by atoms with van der Waals surface area (Å²) in [6, 6.07) is 0.125. The van der Waals surface area contributed by atoms with Crippen molar-refractivity contribution in [1.29, 1.82) is 0 Å². The Hall–Kier alpha value is -1.27. The average Bonchev–Trinajstić information content (AvgIpc) is 2.75. The predicted molar refractivity (Wildman–Crippen MR) is 79.9 cm³/mol. The second-order valence-electron chi connectivity index (χ2n) is 7.01. The number of nitrogens with zero attached hydrogens (tertiary/aromatic N) is 4. The molecule has 0 aliphatic carbocycles. The van der Waals surface area contributed by atoms with E-state index < -0.39 is 0 Å². The molecule has 1 aliphatic rings. The van der Waals surface area contributed by atoms with Gasteiger partial charge in [-0.3, -0.25) is 9.69 Å². The fraction of sp³-hybridized carbons (Fsp3) is 0.800. The first-order chi connectivity index (χ1) is 9.77. The number of hydrogen-bond donors (Lipinski definition) is 0. The Morgan fingerprint density at radius 2 is 2.05 bits per heavy atom. The first kappa shape index (κ1) is 16.1. The van der Waals surface area contributed by atoms with E-state index in [4.69, 9.17) is 4.52 Å². The Morgan fingerprint density at radius 1 is 1.33 bits per heavy atom. The van der Waals surface area contributed by atoms with Crippen molar-refractivity contribution in [2.24, 2.45) is 5.41 Å². The minimum absolute atomic E-state index is 0.115. The van der Waals surface area contributed by atoms with Crippen molar-refractivity contribution in [3.63, 3.8) is 0 Å². The van der Waals surface area contributed by atoms with E-state index in [1.807, 2.05) is 20.8 Å². The van der Waals surface area contributed by atoms with E-state index in [2.05, 4.69) is 34.0 Å². The maximum absolute atomic E-state index is 12.0. The number of rotatable bonds is 3. The van der Waals surface area contributed by atoms with E-state index >= 15 is 0 Å². The molecule has 0 aromatic carbocycles. The molecule has 1 aliphatic heterocycles. The van der Waals surface area contributed by atoms with Gasteiger partial charge in [-0.05, 0) is 33.6 Å². The summed E-state index contributed by atoms with van der Waals surface area (Å²) in [4.78, 5) is 21.0. The molecule has 0 bridgehead atoms. The lowest BCUT2D eigenvalue weighted by molar-refractivity contribution is -0.125. The van der Waals surface area contributed by atoms with Crippen LogP contribution in [0.15, 0.2) is 4.52 Å². The monoisotopic (exact) mass is 294 g/mol. The summed E-state index contributed by atoms with van der Waals surface area (Å²) >= 11 is 0. The summed E-state index contributed by atoms with van der Waals surface area (Å²) in [5.41, 5.74) is -0.381. The van der Waals surface area contributed by atoms with Gasteiger partial charge in [-0.25, -0.2) is 0 Å². The van der Waals surface area contributed by atoms with Crippen molar-refractivity contribution in [3.8, 4) is 0 Å². The van der Waals surface area contributed by atoms with Gasteiger partial charge in [0.1, 0.15) is 5.78 Å². The molecule has 0 radical (unpaired) electrons. The largest absolute Gasteiger partial charge is 0.339 e. The van der Waals surface area contributed by atoms with Crippen molar-refractivity contribution in [1.82, 2.24) is 19.9 Å². The first-order valence-electron chi connectivity index (χ1n) is 7.52. The van der Waals surface area contributed by atoms with Gasteiger partial charge in [0.25, 0.3) is 0 Å². The Bertz CT molecular complexity index is 492. The fourth-order valence-corrected chi connectivity index (χ4v) is 2.43. The van der Waals surface area contributed by atoms with Crippen molar-refractivity contribution in [2.45, 2.75) is 39.7 Å². The highest BCUT2D eigenvalue weighted by Crippen LogP contribution is 2.22. The standard InChI is InChI=1S/C15H26N4O2/c1-15(2,3)12(20)9-13-16-14(17-21-13)11-10-18(4)7-6-8-19(11)5/h11H,6-10H2,1-5H3. The zero-order valence-corrected chi connectivity index (χ0v) is 13.7. The normalized spacial score (nSPS) is 22.2. The predicted octanol–water partition coefficient (Wildman–Crippen LogP) is 1.54. The fourth-order valence-electron chi connectivity index (χ4n) is 2.43. The molecule has 0 spiro atoms. The number of aromatic nitrogens is 2. The summed E-state index contributed by atoms with van der Waals surface area (Å²) in [6.45, 7) is 8.68. The molecule has 1 saturated heterocycles. The van der Waals surface area contributed by atoms with Gasteiger partial charge >= 0.3 is 0 Å². The molecule has 1 aromatic rings. The van der Waals surface area contributed by atoms with Crippen LogP contribution in [0.2, 0.25) is 0 Å². The molecule has 118 valence electrons. The van der Waals surface area contributed by atoms with Crippen molar-refractivity contribution in [3.05, 3.63) is 11.7 Å². The summed E-state index contributed by atoms with van der Waals surface area (Å²) in [7, 11) is 4.19. The SMILES string of the molecule is CN1CCCN(C)C(c2noc(CC(=O)C(C)(C)C)n2)C1. The summed E-state index contributed by atoms with van der Waals surface area (Å²) in [6.07, 6.45) is 1.35. The highest BCUT2D eigenvalue weighted by atomic mass is 16.5. The van der Waals surface area contributed by atoms with E-state index in [1.165, 1.54) is 0 Å². The van der Waals surface area contributed by atoms with Gasteiger partial charge < -0.3 is 9.42 Å². The van der Waals surface area contributed by atoms with Crippen LogP contribution in [0.5, 0.6) is 0 Å². The summed E-state index contributed by atoms with van der Waals surface area (Å²) in [5, 5.41) is 4.09. The van der Waals surface area contributed by atoms with Crippen LogP contribution < -0.4 is 0 Å². The minimum atomic E-state index is -0.381. The quantitative estimate of drug-likeness (QED) is 0.842. The Morgan fingerprint density at radius 3 is 2.71 bits per heavy atom. The molecule has 2 heterocycles. The van der Waals surface area contributed by atoms with Crippen molar-refractivity contribution < 1.29 is 9.32 Å². The van der Waals surface area contributed by atoms with Crippen LogP contribution in [0, 0.1) is 5.41 Å². The lowest BCUT2D eigenvalue weighted by Crippen LogP contribution is -2.31. The summed E-state index contributed by atoms with van der Waals surface area (Å²) < 4.78 is 5.28. The molecule has 21 heavy (non-hydrogen) atoms. The lowest BCUT2D eigenvalue weighted by atomic mass is 9.89. The molecule has 6 nitrogen and oxygen atoms in total. The van der Waals surface area contributed by atoms with E-state index in [0.29, 0.717) is 11.7 Å². The van der Waals surface area contributed by atoms with Gasteiger partial charge in [0, 0.05) is 12.0 Å². The van der Waals surface area contributed by atoms with Gasteiger partial charge in [-0.2, -0.15) is 4.98 Å². The molecule has 0 amide bonds. The van der Waals surface area contributed by atoms with Crippen LogP contribution in [0.25, 0.3) is 0 Å². The zero-order valence-electron chi connectivity index (χ0n) is 13.7. The lowest BCUT2D eigenvalue weighted by Gasteiger charge is -2.24. The molecule has 0 saturated carbocycles. The number of Topliss-reactive ketones (excluding diaryl/α,β-unsaturated/α-hetero) is 1. The van der Waals surface area contributed by atoms with Gasteiger partial charge in [0.05, 0.1) is 12.5 Å². The van der Waals surface area contributed by atoms with Gasteiger partial charge in [-0.1, -0.05) is 25.9 Å². The molecule has 0 N–H and O–H groups in total. The maximum atomic E-state index is 12.0. The number of hydrogen-bond acceptors (Lipinski definition) is 6. The smallest absolute Gasteiger partial charge is 0.234 e. The molecule has 1 unspecified atom stereocenters. The number of likely N-dealkylation sites (N-methyl/N-ethyl adjacent to an activating group) is 2. The Balaban J connectivity index is 2.09. The second-order valence-corrected chi connectivity index (χ2v) is 7.01. The van der Waals surface area contributed by atoms with Crippen LogP contribution in [-0.2, 0) is 11.2 Å². The number of carbonyl (C=O) groups is 1. The van der Waals surface area contributed by atoms with Crippen LogP contribution in [0.4, 0.5) is 0 Å². The highest BCUT2D eigenvalue weighted by molar-refractivity contribution is 5.84. The zero-order chi connectivity index (χ0) is 15.6. The molecular weight excluding hydrogens is 268 g/mol.